The number of allylic oxidation sites excluding steroid dienone is 1. The van der Waals surface area contributed by atoms with E-state index in [1.165, 1.54) is 7.11 Å². The summed E-state index contributed by atoms with van der Waals surface area (Å²) in [5.41, 5.74) is -1.14. The van der Waals surface area contributed by atoms with Gasteiger partial charge in [0.15, 0.2) is 0 Å². The molecule has 2 unspecified atom stereocenters. The zero-order valence-corrected chi connectivity index (χ0v) is 12.2. The molecular weight excluding hydrogens is 251 g/mol. The number of hydrogen-bond acceptors (Lipinski definition) is 4. The predicted octanol–water partition coefficient (Wildman–Crippen LogP) is 2.63. The molecule has 1 fully saturated rings. The summed E-state index contributed by atoms with van der Waals surface area (Å²) < 4.78 is 23.3. The highest BCUT2D eigenvalue weighted by Crippen LogP contribution is 2.59. The summed E-state index contributed by atoms with van der Waals surface area (Å²) in [6, 6.07) is 0. The topological polar surface area (TPSA) is 52.6 Å². The van der Waals surface area contributed by atoms with E-state index >= 15 is 0 Å². The number of carbonyl (C=O) groups is 2. The van der Waals surface area contributed by atoms with Gasteiger partial charge in [0, 0.05) is 0 Å². The maximum atomic E-state index is 13.7. The number of hydrogen-bond donors (Lipinski definition) is 0. The van der Waals surface area contributed by atoms with Crippen LogP contribution < -0.4 is 0 Å². The van der Waals surface area contributed by atoms with Gasteiger partial charge in [-0.15, -0.1) is 0 Å². The molecule has 108 valence electrons. The van der Waals surface area contributed by atoms with E-state index in [0.717, 1.165) is 6.08 Å². The third kappa shape index (κ3) is 3.55. The Hall–Kier alpha value is -1.39. The fourth-order valence-electron chi connectivity index (χ4n) is 2.12. The van der Waals surface area contributed by atoms with E-state index in [0.29, 0.717) is 0 Å². The lowest BCUT2D eigenvalue weighted by Crippen LogP contribution is -2.24. The van der Waals surface area contributed by atoms with Gasteiger partial charge in [-0.3, -0.25) is 4.79 Å². The van der Waals surface area contributed by atoms with Crippen molar-refractivity contribution in [2.24, 2.45) is 17.3 Å². The lowest BCUT2D eigenvalue weighted by atomic mass is 10.1. The minimum absolute atomic E-state index is 0.340. The van der Waals surface area contributed by atoms with E-state index in [2.05, 4.69) is 4.74 Å². The Balaban J connectivity index is 2.76. The van der Waals surface area contributed by atoms with Crippen LogP contribution in [0.4, 0.5) is 4.39 Å². The van der Waals surface area contributed by atoms with Crippen LogP contribution in [-0.4, -0.2) is 24.6 Å². The maximum Gasteiger partial charge on any atom is 0.367 e. The number of esters is 2. The molecule has 0 amide bonds. The Kier molecular flexibility index (Phi) is 4.08. The van der Waals surface area contributed by atoms with E-state index in [1.54, 1.807) is 20.8 Å². The zero-order chi connectivity index (χ0) is 15.0. The van der Waals surface area contributed by atoms with Gasteiger partial charge in [0.1, 0.15) is 5.60 Å². The van der Waals surface area contributed by atoms with Gasteiger partial charge in [0.2, 0.25) is 5.83 Å². The first-order chi connectivity index (χ1) is 8.50. The molecule has 0 aromatic rings. The fraction of sp³-hybridized carbons (Fsp3) is 0.714. The molecular formula is C14H21FO4. The highest BCUT2D eigenvalue weighted by atomic mass is 19.1. The third-order valence-electron chi connectivity index (χ3n) is 3.29. The number of ether oxygens (including phenoxy) is 2. The lowest BCUT2D eigenvalue weighted by molar-refractivity contribution is -0.151. The minimum Gasteiger partial charge on any atom is -0.469 e. The van der Waals surface area contributed by atoms with Crippen LogP contribution in [0.1, 0.15) is 34.6 Å². The van der Waals surface area contributed by atoms with Crippen molar-refractivity contribution in [2.75, 3.05) is 7.11 Å². The molecule has 4 nitrogen and oxygen atoms in total. The second-order valence-electron chi connectivity index (χ2n) is 6.36. The van der Waals surface area contributed by atoms with Gasteiger partial charge in [-0.2, -0.15) is 4.39 Å². The molecule has 5 heteroatoms. The standard InChI is InChI=1S/C14H21FO4/c1-13(2,3)19-11(16)9(15)7-8-10(12(17)18-6)14(8,4)5/h7-8,10H,1-6H3/b9-7-. The lowest BCUT2D eigenvalue weighted by Gasteiger charge is -2.18. The summed E-state index contributed by atoms with van der Waals surface area (Å²) in [5, 5.41) is 0. The van der Waals surface area contributed by atoms with Crippen LogP contribution in [0.3, 0.4) is 0 Å². The summed E-state index contributed by atoms with van der Waals surface area (Å²) in [6.07, 6.45) is 1.16. The van der Waals surface area contributed by atoms with Gasteiger partial charge in [-0.1, -0.05) is 13.8 Å². The predicted molar refractivity (Wildman–Crippen MR) is 67.8 cm³/mol. The highest BCUT2D eigenvalue weighted by Gasteiger charge is 2.61. The molecule has 0 aliphatic heterocycles. The highest BCUT2D eigenvalue weighted by molar-refractivity contribution is 5.87. The van der Waals surface area contributed by atoms with E-state index < -0.39 is 28.7 Å². The summed E-state index contributed by atoms with van der Waals surface area (Å²) >= 11 is 0. The monoisotopic (exact) mass is 272 g/mol. The van der Waals surface area contributed by atoms with Crippen molar-refractivity contribution in [3.63, 3.8) is 0 Å². The second kappa shape index (κ2) is 4.94. The molecule has 0 heterocycles. The first-order valence-corrected chi connectivity index (χ1v) is 6.19. The van der Waals surface area contributed by atoms with Gasteiger partial charge in [-0.05, 0) is 38.2 Å². The van der Waals surface area contributed by atoms with Crippen LogP contribution in [0.2, 0.25) is 0 Å². The van der Waals surface area contributed by atoms with Crippen molar-refractivity contribution < 1.29 is 23.5 Å². The minimum atomic E-state index is -1.00. The van der Waals surface area contributed by atoms with E-state index in [9.17, 15) is 14.0 Å². The Morgan fingerprint density at radius 2 is 1.79 bits per heavy atom. The van der Waals surface area contributed by atoms with Gasteiger partial charge in [-0.25, -0.2) is 4.79 Å². The first-order valence-electron chi connectivity index (χ1n) is 6.19. The average molecular weight is 272 g/mol. The van der Waals surface area contributed by atoms with E-state index in [-0.39, 0.29) is 11.9 Å². The summed E-state index contributed by atoms with van der Waals surface area (Å²) in [5.74, 6) is -3.10. The Labute approximate surface area is 113 Å². The van der Waals surface area contributed by atoms with Crippen LogP contribution in [-0.2, 0) is 19.1 Å². The van der Waals surface area contributed by atoms with Crippen LogP contribution in [0.15, 0.2) is 11.9 Å². The third-order valence-corrected chi connectivity index (χ3v) is 3.29. The van der Waals surface area contributed by atoms with Crippen molar-refractivity contribution in [1.82, 2.24) is 0 Å². The molecule has 2 atom stereocenters. The molecule has 1 saturated carbocycles. The van der Waals surface area contributed by atoms with Gasteiger partial charge < -0.3 is 9.47 Å². The van der Waals surface area contributed by atoms with Crippen molar-refractivity contribution >= 4 is 11.9 Å². The van der Waals surface area contributed by atoms with E-state index in [4.69, 9.17) is 4.74 Å². The second-order valence-corrected chi connectivity index (χ2v) is 6.36. The van der Waals surface area contributed by atoms with Gasteiger partial charge in [0.25, 0.3) is 0 Å². The molecule has 0 saturated heterocycles. The smallest absolute Gasteiger partial charge is 0.367 e. The van der Waals surface area contributed by atoms with Crippen molar-refractivity contribution in [3.05, 3.63) is 11.9 Å². The van der Waals surface area contributed by atoms with Crippen LogP contribution in [0.25, 0.3) is 0 Å². The summed E-state index contributed by atoms with van der Waals surface area (Å²) in [7, 11) is 1.29. The van der Waals surface area contributed by atoms with Crippen molar-refractivity contribution in [3.8, 4) is 0 Å². The summed E-state index contributed by atoms with van der Waals surface area (Å²) in [6.45, 7) is 8.65. The van der Waals surface area contributed by atoms with Crippen LogP contribution >= 0.6 is 0 Å². The molecule has 1 rings (SSSR count). The van der Waals surface area contributed by atoms with Crippen molar-refractivity contribution in [2.45, 2.75) is 40.2 Å². The number of carbonyl (C=O) groups excluding carboxylic acids is 2. The molecule has 1 aliphatic rings. The normalized spacial score (nSPS) is 25.7. The SMILES string of the molecule is COC(=O)C1C(/C=C(\F)C(=O)OC(C)(C)C)C1(C)C. The maximum absolute atomic E-state index is 13.7. The number of methoxy groups -OCH3 is 1. The molecule has 0 N–H and O–H groups in total. The Morgan fingerprint density at radius 3 is 2.21 bits per heavy atom. The number of rotatable bonds is 3. The summed E-state index contributed by atoms with van der Waals surface area (Å²) in [4.78, 5) is 23.0. The molecule has 19 heavy (non-hydrogen) atoms. The molecule has 0 spiro atoms. The van der Waals surface area contributed by atoms with Crippen LogP contribution in [0.5, 0.6) is 0 Å². The van der Waals surface area contributed by atoms with Gasteiger partial charge in [0.05, 0.1) is 13.0 Å². The number of halogens is 1. The Bertz CT molecular complexity index is 418. The Morgan fingerprint density at radius 1 is 1.26 bits per heavy atom. The quantitative estimate of drug-likeness (QED) is 0.585. The first kappa shape index (κ1) is 15.7. The van der Waals surface area contributed by atoms with Crippen molar-refractivity contribution in [1.29, 1.82) is 0 Å². The fourth-order valence-corrected chi connectivity index (χ4v) is 2.12. The van der Waals surface area contributed by atoms with E-state index in [1.807, 2.05) is 13.8 Å². The average Bonchev–Trinajstić information content (AvgIpc) is 2.77. The molecule has 0 aromatic carbocycles. The van der Waals surface area contributed by atoms with Gasteiger partial charge >= 0.3 is 11.9 Å². The van der Waals surface area contributed by atoms with Crippen LogP contribution in [0, 0.1) is 17.3 Å². The molecule has 1 aliphatic carbocycles. The largest absolute Gasteiger partial charge is 0.469 e. The molecule has 0 aromatic heterocycles. The zero-order valence-electron chi connectivity index (χ0n) is 12.2. The molecule has 0 radical (unpaired) electrons. The molecule has 0 bridgehead atoms.